The van der Waals surface area contributed by atoms with Crippen LogP contribution in [0.3, 0.4) is 0 Å². The van der Waals surface area contributed by atoms with Gasteiger partial charge in [-0.3, -0.25) is 0 Å². The van der Waals surface area contributed by atoms with Crippen LogP contribution in [0.15, 0.2) is 18.3 Å². The molecule has 0 saturated heterocycles. The quantitative estimate of drug-likeness (QED) is 0.887. The van der Waals surface area contributed by atoms with E-state index in [1.165, 1.54) is 0 Å². The lowest BCUT2D eigenvalue weighted by molar-refractivity contribution is -0.0316. The smallest absolute Gasteiger partial charge is 0.219 e. The van der Waals surface area contributed by atoms with Crippen LogP contribution in [0.5, 0.6) is 5.88 Å². The van der Waals surface area contributed by atoms with Gasteiger partial charge in [-0.25, -0.2) is 4.98 Å². The lowest BCUT2D eigenvalue weighted by atomic mass is 9.67. The molecule has 0 atom stereocenters. The van der Waals surface area contributed by atoms with E-state index < -0.39 is 5.60 Å². The molecule has 1 aromatic rings. The van der Waals surface area contributed by atoms with Crippen molar-refractivity contribution in [1.82, 2.24) is 4.98 Å². The second-order valence-corrected chi connectivity index (χ2v) is 6.73. The van der Waals surface area contributed by atoms with Crippen molar-refractivity contribution in [2.24, 2.45) is 11.3 Å². The van der Waals surface area contributed by atoms with Crippen molar-refractivity contribution >= 4 is 0 Å². The molecule has 19 heavy (non-hydrogen) atoms. The van der Waals surface area contributed by atoms with Crippen molar-refractivity contribution in [1.29, 1.82) is 0 Å². The van der Waals surface area contributed by atoms with E-state index in [9.17, 15) is 5.11 Å². The van der Waals surface area contributed by atoms with Gasteiger partial charge in [0.15, 0.2) is 0 Å². The number of rotatable bonds is 2. The topological polar surface area (TPSA) is 42.4 Å². The summed E-state index contributed by atoms with van der Waals surface area (Å²) < 4.78 is 5.29. The van der Waals surface area contributed by atoms with Crippen molar-refractivity contribution in [2.45, 2.75) is 52.1 Å². The fourth-order valence-corrected chi connectivity index (χ4v) is 3.14. The highest BCUT2D eigenvalue weighted by molar-refractivity contribution is 5.32. The van der Waals surface area contributed by atoms with E-state index >= 15 is 0 Å². The molecule has 1 aromatic heterocycles. The standard InChI is InChI=1S/C16H25NO2/c1-15(2,3)12-7-9-16(18,10-8-12)13-6-5-11-17-14(13)19-4/h5-6,11-12,18H,7-10H2,1-4H3. The van der Waals surface area contributed by atoms with Crippen LogP contribution in [0.4, 0.5) is 0 Å². The first-order chi connectivity index (χ1) is 8.87. The van der Waals surface area contributed by atoms with Gasteiger partial charge in [0, 0.05) is 11.8 Å². The average Bonchev–Trinajstić information content (AvgIpc) is 2.38. The number of hydrogen-bond acceptors (Lipinski definition) is 3. The molecule has 0 aliphatic heterocycles. The van der Waals surface area contributed by atoms with E-state index in [1.54, 1.807) is 13.3 Å². The maximum atomic E-state index is 10.9. The third-order valence-electron chi connectivity index (χ3n) is 4.50. The monoisotopic (exact) mass is 263 g/mol. The van der Waals surface area contributed by atoms with Gasteiger partial charge < -0.3 is 9.84 Å². The number of hydrogen-bond donors (Lipinski definition) is 1. The molecule has 1 fully saturated rings. The molecule has 3 heteroatoms. The predicted octanol–water partition coefficient (Wildman–Crippen LogP) is 3.51. The lowest BCUT2D eigenvalue weighted by Crippen LogP contribution is -2.35. The number of ether oxygens (including phenoxy) is 1. The van der Waals surface area contributed by atoms with Crippen molar-refractivity contribution in [3.63, 3.8) is 0 Å². The fraction of sp³-hybridized carbons (Fsp3) is 0.688. The summed E-state index contributed by atoms with van der Waals surface area (Å²) in [6.45, 7) is 6.85. The zero-order chi connectivity index (χ0) is 14.1. The van der Waals surface area contributed by atoms with Gasteiger partial charge in [0.25, 0.3) is 0 Å². The largest absolute Gasteiger partial charge is 0.481 e. The van der Waals surface area contributed by atoms with E-state index in [2.05, 4.69) is 25.8 Å². The lowest BCUT2D eigenvalue weighted by Gasteiger charge is -2.41. The second kappa shape index (κ2) is 5.12. The van der Waals surface area contributed by atoms with E-state index in [4.69, 9.17) is 4.74 Å². The minimum atomic E-state index is -0.776. The number of nitrogens with zero attached hydrogens (tertiary/aromatic N) is 1. The van der Waals surface area contributed by atoms with Crippen LogP contribution in [-0.4, -0.2) is 17.2 Å². The second-order valence-electron chi connectivity index (χ2n) is 6.73. The van der Waals surface area contributed by atoms with Crippen LogP contribution in [0.1, 0.15) is 52.0 Å². The zero-order valence-electron chi connectivity index (χ0n) is 12.4. The van der Waals surface area contributed by atoms with Gasteiger partial charge >= 0.3 is 0 Å². The van der Waals surface area contributed by atoms with Gasteiger partial charge in [0.2, 0.25) is 5.88 Å². The Labute approximate surface area is 116 Å². The maximum absolute atomic E-state index is 10.9. The van der Waals surface area contributed by atoms with Crippen LogP contribution >= 0.6 is 0 Å². The Morgan fingerprint density at radius 2 is 1.95 bits per heavy atom. The molecule has 1 aliphatic carbocycles. The van der Waals surface area contributed by atoms with Crippen molar-refractivity contribution < 1.29 is 9.84 Å². The van der Waals surface area contributed by atoms with E-state index in [0.29, 0.717) is 17.2 Å². The maximum Gasteiger partial charge on any atom is 0.219 e. The Hall–Kier alpha value is -1.09. The molecular formula is C16H25NO2. The molecule has 0 amide bonds. The van der Waals surface area contributed by atoms with Crippen LogP contribution in [-0.2, 0) is 5.60 Å². The van der Waals surface area contributed by atoms with Crippen LogP contribution < -0.4 is 4.74 Å². The molecule has 106 valence electrons. The Bertz CT molecular complexity index is 429. The third kappa shape index (κ3) is 2.92. The first-order valence-electron chi connectivity index (χ1n) is 7.09. The number of methoxy groups -OCH3 is 1. The van der Waals surface area contributed by atoms with Gasteiger partial charge in [-0.1, -0.05) is 20.8 Å². The fourth-order valence-electron chi connectivity index (χ4n) is 3.14. The molecule has 1 heterocycles. The summed E-state index contributed by atoms with van der Waals surface area (Å²) in [7, 11) is 1.61. The highest BCUT2D eigenvalue weighted by Crippen LogP contribution is 2.46. The van der Waals surface area contributed by atoms with E-state index in [1.807, 2.05) is 12.1 Å². The number of aromatic nitrogens is 1. The van der Waals surface area contributed by atoms with Crippen molar-refractivity contribution in [3.8, 4) is 5.88 Å². The number of pyridine rings is 1. The first-order valence-corrected chi connectivity index (χ1v) is 7.09. The zero-order valence-corrected chi connectivity index (χ0v) is 12.4. The summed E-state index contributed by atoms with van der Waals surface area (Å²) in [6.07, 6.45) is 5.39. The van der Waals surface area contributed by atoms with Gasteiger partial charge in [-0.2, -0.15) is 0 Å². The molecule has 1 aliphatic rings. The summed E-state index contributed by atoms with van der Waals surface area (Å²) in [5, 5.41) is 10.9. The molecule has 0 spiro atoms. The summed E-state index contributed by atoms with van der Waals surface area (Å²) >= 11 is 0. The van der Waals surface area contributed by atoms with Crippen molar-refractivity contribution in [3.05, 3.63) is 23.9 Å². The van der Waals surface area contributed by atoms with Crippen LogP contribution in [0.25, 0.3) is 0 Å². The Morgan fingerprint density at radius 3 is 2.47 bits per heavy atom. The molecule has 3 nitrogen and oxygen atoms in total. The summed E-state index contributed by atoms with van der Waals surface area (Å²) in [4.78, 5) is 4.20. The van der Waals surface area contributed by atoms with Crippen molar-refractivity contribution in [2.75, 3.05) is 7.11 Å². The molecule has 1 N–H and O–H groups in total. The Balaban J connectivity index is 2.18. The molecular weight excluding hydrogens is 238 g/mol. The summed E-state index contributed by atoms with van der Waals surface area (Å²) in [5.74, 6) is 1.23. The third-order valence-corrected chi connectivity index (χ3v) is 4.50. The van der Waals surface area contributed by atoms with E-state index in [-0.39, 0.29) is 0 Å². The number of aliphatic hydroxyl groups is 1. The predicted molar refractivity (Wildman–Crippen MR) is 76.1 cm³/mol. The highest BCUT2D eigenvalue weighted by atomic mass is 16.5. The molecule has 0 unspecified atom stereocenters. The molecule has 0 bridgehead atoms. The first kappa shape index (κ1) is 14.3. The van der Waals surface area contributed by atoms with Gasteiger partial charge in [0.05, 0.1) is 12.7 Å². The summed E-state index contributed by atoms with van der Waals surface area (Å²) in [5.41, 5.74) is 0.381. The van der Waals surface area contributed by atoms with Crippen LogP contribution in [0.2, 0.25) is 0 Å². The van der Waals surface area contributed by atoms with Crippen LogP contribution in [0, 0.1) is 11.3 Å². The molecule has 0 radical (unpaired) electrons. The highest BCUT2D eigenvalue weighted by Gasteiger charge is 2.40. The summed E-state index contributed by atoms with van der Waals surface area (Å²) in [6, 6.07) is 3.80. The molecule has 0 aromatic carbocycles. The molecule has 1 saturated carbocycles. The van der Waals surface area contributed by atoms with E-state index in [0.717, 1.165) is 31.2 Å². The SMILES string of the molecule is COc1ncccc1C1(O)CCC(C(C)(C)C)CC1. The van der Waals surface area contributed by atoms with Gasteiger partial charge in [-0.15, -0.1) is 0 Å². The Kier molecular flexibility index (Phi) is 3.86. The Morgan fingerprint density at radius 1 is 1.32 bits per heavy atom. The van der Waals surface area contributed by atoms with Gasteiger partial charge in [0.1, 0.15) is 0 Å². The minimum Gasteiger partial charge on any atom is -0.481 e. The van der Waals surface area contributed by atoms with Gasteiger partial charge in [-0.05, 0) is 49.1 Å². The molecule has 2 rings (SSSR count). The normalized spacial score (nSPS) is 28.2. The average molecular weight is 263 g/mol. The minimum absolute atomic E-state index is 0.320.